The highest BCUT2D eigenvalue weighted by atomic mass is 16.5. The first-order valence-electron chi connectivity index (χ1n) is 7.77. The topological polar surface area (TPSA) is 72.5 Å². The van der Waals surface area contributed by atoms with E-state index in [2.05, 4.69) is 6.92 Å². The lowest BCUT2D eigenvalue weighted by molar-refractivity contribution is -0.150. The Morgan fingerprint density at radius 1 is 1.24 bits per heavy atom. The molecule has 0 radical (unpaired) electrons. The molecule has 1 aromatic carbocycles. The van der Waals surface area contributed by atoms with E-state index in [0.717, 1.165) is 18.4 Å². The van der Waals surface area contributed by atoms with Crippen molar-refractivity contribution in [2.24, 2.45) is 5.73 Å². The van der Waals surface area contributed by atoms with Gasteiger partial charge in [0, 0.05) is 0 Å². The number of ether oxygens (including phenoxy) is 1. The Labute approximate surface area is 127 Å². The Bertz CT molecular complexity index is 417. The number of aromatic hydroxyl groups is 1. The first-order chi connectivity index (χ1) is 10.0. The second kappa shape index (κ2) is 9.40. The molecule has 0 fully saturated rings. The minimum Gasteiger partial charge on any atom is -0.508 e. The van der Waals surface area contributed by atoms with Crippen LogP contribution in [0.1, 0.15) is 51.5 Å². The van der Waals surface area contributed by atoms with Gasteiger partial charge in [0.15, 0.2) is 0 Å². The van der Waals surface area contributed by atoms with Gasteiger partial charge in [-0.25, -0.2) is 0 Å². The van der Waals surface area contributed by atoms with Crippen LogP contribution in [0.4, 0.5) is 0 Å². The molecule has 0 amide bonds. The molecule has 1 rings (SSSR count). The van der Waals surface area contributed by atoms with E-state index in [9.17, 15) is 9.90 Å². The van der Waals surface area contributed by atoms with Crippen molar-refractivity contribution in [3.05, 3.63) is 29.8 Å². The minimum atomic E-state index is -0.660. The summed E-state index contributed by atoms with van der Waals surface area (Å²) < 4.78 is 5.37. The fourth-order valence-corrected chi connectivity index (χ4v) is 2.17. The SMILES string of the molecule is CCCCCCC(C)OC(=O)[C@H](N)Cc1ccc(O)cc1. The molecule has 0 bridgehead atoms. The molecule has 0 saturated carbocycles. The lowest BCUT2D eigenvalue weighted by Crippen LogP contribution is -2.36. The Hall–Kier alpha value is -1.55. The van der Waals surface area contributed by atoms with Crippen LogP contribution in [-0.4, -0.2) is 23.2 Å². The molecule has 4 heteroatoms. The van der Waals surface area contributed by atoms with Gasteiger partial charge < -0.3 is 15.6 Å². The molecule has 1 unspecified atom stereocenters. The molecule has 0 saturated heterocycles. The van der Waals surface area contributed by atoms with Crippen LogP contribution in [0.3, 0.4) is 0 Å². The number of phenolic OH excluding ortho intramolecular Hbond substituents is 1. The van der Waals surface area contributed by atoms with Crippen LogP contribution in [0.25, 0.3) is 0 Å². The summed E-state index contributed by atoms with van der Waals surface area (Å²) in [5.74, 6) is -0.151. The third kappa shape index (κ3) is 7.14. The number of hydrogen-bond donors (Lipinski definition) is 2. The van der Waals surface area contributed by atoms with Crippen LogP contribution in [0.15, 0.2) is 24.3 Å². The first-order valence-corrected chi connectivity index (χ1v) is 7.77. The van der Waals surface area contributed by atoms with Gasteiger partial charge in [0.1, 0.15) is 11.8 Å². The molecule has 2 atom stereocenters. The predicted molar refractivity (Wildman–Crippen MR) is 84.1 cm³/mol. The maximum absolute atomic E-state index is 11.9. The number of benzene rings is 1. The van der Waals surface area contributed by atoms with E-state index in [1.165, 1.54) is 19.3 Å². The highest BCUT2D eigenvalue weighted by Crippen LogP contribution is 2.12. The van der Waals surface area contributed by atoms with Gasteiger partial charge in [0.2, 0.25) is 0 Å². The molecule has 0 aromatic heterocycles. The van der Waals surface area contributed by atoms with Crippen LogP contribution in [-0.2, 0) is 16.0 Å². The molecule has 0 aliphatic carbocycles. The average molecular weight is 293 g/mol. The van der Waals surface area contributed by atoms with Crippen molar-refractivity contribution in [3.63, 3.8) is 0 Å². The summed E-state index contributed by atoms with van der Waals surface area (Å²) in [5, 5.41) is 9.22. The van der Waals surface area contributed by atoms with Crippen LogP contribution < -0.4 is 5.73 Å². The first kappa shape index (κ1) is 17.5. The zero-order chi connectivity index (χ0) is 15.7. The molecule has 0 aliphatic heterocycles. The summed E-state index contributed by atoms with van der Waals surface area (Å²) in [6.45, 7) is 4.09. The number of carbonyl (C=O) groups excluding carboxylic acids is 1. The fraction of sp³-hybridized carbons (Fsp3) is 0.588. The number of carbonyl (C=O) groups is 1. The third-order valence-corrected chi connectivity index (χ3v) is 3.48. The van der Waals surface area contributed by atoms with Gasteiger partial charge in [-0.3, -0.25) is 4.79 Å². The van der Waals surface area contributed by atoms with Gasteiger partial charge in [0.05, 0.1) is 6.10 Å². The Kier molecular flexibility index (Phi) is 7.83. The van der Waals surface area contributed by atoms with Gasteiger partial charge in [-0.2, -0.15) is 0 Å². The largest absolute Gasteiger partial charge is 0.508 e. The smallest absolute Gasteiger partial charge is 0.323 e. The molecule has 21 heavy (non-hydrogen) atoms. The van der Waals surface area contributed by atoms with Crippen LogP contribution >= 0.6 is 0 Å². The van der Waals surface area contributed by atoms with E-state index in [0.29, 0.717) is 6.42 Å². The van der Waals surface area contributed by atoms with Crippen molar-refractivity contribution in [1.29, 1.82) is 0 Å². The van der Waals surface area contributed by atoms with Crippen molar-refractivity contribution >= 4 is 5.97 Å². The molecule has 1 aromatic rings. The molecule has 0 spiro atoms. The van der Waals surface area contributed by atoms with E-state index in [-0.39, 0.29) is 17.8 Å². The molecule has 0 heterocycles. The number of phenols is 1. The van der Waals surface area contributed by atoms with Gasteiger partial charge in [-0.1, -0.05) is 38.3 Å². The van der Waals surface area contributed by atoms with E-state index in [1.807, 2.05) is 6.92 Å². The summed E-state index contributed by atoms with van der Waals surface area (Å²) in [6, 6.07) is 6.04. The standard InChI is InChI=1S/C17H27NO3/c1-3-4-5-6-7-13(2)21-17(20)16(18)12-14-8-10-15(19)11-9-14/h8-11,13,16,19H,3-7,12,18H2,1-2H3/t13?,16-/m1/s1. The summed E-state index contributed by atoms with van der Waals surface area (Å²) >= 11 is 0. The Morgan fingerprint density at radius 3 is 2.52 bits per heavy atom. The Balaban J connectivity index is 2.31. The molecule has 4 nitrogen and oxygen atoms in total. The maximum atomic E-state index is 11.9. The summed E-state index contributed by atoms with van der Waals surface area (Å²) in [5.41, 5.74) is 6.78. The summed E-state index contributed by atoms with van der Waals surface area (Å²) in [4.78, 5) is 11.9. The second-order valence-corrected chi connectivity index (χ2v) is 5.57. The van der Waals surface area contributed by atoms with Crippen molar-refractivity contribution in [3.8, 4) is 5.75 Å². The van der Waals surface area contributed by atoms with Gasteiger partial charge in [-0.15, -0.1) is 0 Å². The zero-order valence-corrected chi connectivity index (χ0v) is 13.0. The molecular formula is C17H27NO3. The summed E-state index contributed by atoms with van der Waals surface area (Å²) in [7, 11) is 0. The van der Waals surface area contributed by atoms with Gasteiger partial charge in [-0.05, 0) is 43.9 Å². The number of hydrogen-bond acceptors (Lipinski definition) is 4. The number of unbranched alkanes of at least 4 members (excludes halogenated alkanes) is 3. The normalized spacial score (nSPS) is 13.7. The van der Waals surface area contributed by atoms with E-state index < -0.39 is 6.04 Å². The van der Waals surface area contributed by atoms with Gasteiger partial charge >= 0.3 is 5.97 Å². The highest BCUT2D eigenvalue weighted by molar-refractivity contribution is 5.76. The monoisotopic (exact) mass is 293 g/mol. The number of rotatable bonds is 9. The molecule has 118 valence electrons. The van der Waals surface area contributed by atoms with E-state index in [4.69, 9.17) is 10.5 Å². The maximum Gasteiger partial charge on any atom is 0.323 e. The fourth-order valence-electron chi connectivity index (χ4n) is 2.17. The quantitative estimate of drug-likeness (QED) is 0.542. The number of nitrogens with two attached hydrogens (primary N) is 1. The predicted octanol–water partition coefficient (Wildman–Crippen LogP) is 3.16. The minimum absolute atomic E-state index is 0.0831. The van der Waals surface area contributed by atoms with Crippen LogP contribution in [0.5, 0.6) is 5.75 Å². The lowest BCUT2D eigenvalue weighted by atomic mass is 10.1. The second-order valence-electron chi connectivity index (χ2n) is 5.57. The zero-order valence-electron chi connectivity index (χ0n) is 13.0. The van der Waals surface area contributed by atoms with Gasteiger partial charge in [0.25, 0.3) is 0 Å². The molecule has 0 aliphatic rings. The van der Waals surface area contributed by atoms with Crippen molar-refractivity contribution in [1.82, 2.24) is 0 Å². The van der Waals surface area contributed by atoms with E-state index >= 15 is 0 Å². The lowest BCUT2D eigenvalue weighted by Gasteiger charge is -2.17. The summed E-state index contributed by atoms with van der Waals surface area (Å²) in [6.07, 6.45) is 5.90. The van der Waals surface area contributed by atoms with E-state index in [1.54, 1.807) is 24.3 Å². The van der Waals surface area contributed by atoms with Crippen molar-refractivity contribution < 1.29 is 14.6 Å². The van der Waals surface area contributed by atoms with Crippen LogP contribution in [0, 0.1) is 0 Å². The van der Waals surface area contributed by atoms with Crippen molar-refractivity contribution in [2.45, 2.75) is 64.5 Å². The van der Waals surface area contributed by atoms with Crippen LogP contribution in [0.2, 0.25) is 0 Å². The number of esters is 1. The highest BCUT2D eigenvalue weighted by Gasteiger charge is 2.18. The Morgan fingerprint density at radius 2 is 1.90 bits per heavy atom. The van der Waals surface area contributed by atoms with Crippen molar-refractivity contribution in [2.75, 3.05) is 0 Å². The molecular weight excluding hydrogens is 266 g/mol. The molecule has 3 N–H and O–H groups in total. The average Bonchev–Trinajstić information content (AvgIpc) is 2.46. The third-order valence-electron chi connectivity index (χ3n) is 3.48.